The Bertz CT molecular complexity index is 522. The quantitative estimate of drug-likeness (QED) is 0.261. The number of hydrogen-bond acceptors (Lipinski definition) is 5. The van der Waals surface area contributed by atoms with Crippen LogP contribution < -0.4 is 10.6 Å². The highest BCUT2D eigenvalue weighted by Gasteiger charge is 2.11. The van der Waals surface area contributed by atoms with Crippen molar-refractivity contribution in [3.63, 3.8) is 0 Å². The summed E-state index contributed by atoms with van der Waals surface area (Å²) in [5.74, 6) is 0.839. The number of amides is 1. The summed E-state index contributed by atoms with van der Waals surface area (Å²) >= 11 is 1.70. The first-order chi connectivity index (χ1) is 10.9. The Morgan fingerprint density at radius 3 is 2.71 bits per heavy atom. The Kier molecular flexibility index (Phi) is 11.9. The summed E-state index contributed by atoms with van der Waals surface area (Å²) in [5.41, 5.74) is 0. The monoisotopic (exact) mass is 469 g/mol. The van der Waals surface area contributed by atoms with Crippen LogP contribution in [-0.2, 0) is 9.53 Å². The van der Waals surface area contributed by atoms with Crippen LogP contribution in [0.25, 0.3) is 0 Å². The molecule has 1 atom stereocenters. The molecule has 0 bridgehead atoms. The number of hydrogen-bond donors (Lipinski definition) is 2. The maximum atomic E-state index is 11.7. The van der Waals surface area contributed by atoms with Crippen molar-refractivity contribution < 1.29 is 9.53 Å². The molecule has 138 valence electrons. The van der Waals surface area contributed by atoms with Gasteiger partial charge in [-0.25, -0.2) is 9.98 Å². The normalized spacial score (nSPS) is 12.3. The van der Waals surface area contributed by atoms with Crippen molar-refractivity contribution in [2.45, 2.75) is 19.8 Å². The number of ether oxygens (including phenoxy) is 1. The van der Waals surface area contributed by atoms with Gasteiger partial charge in [0.15, 0.2) is 5.96 Å². The summed E-state index contributed by atoms with van der Waals surface area (Å²) in [4.78, 5) is 23.1. The number of halogens is 1. The summed E-state index contributed by atoms with van der Waals surface area (Å²) in [7, 11) is 5.08. The van der Waals surface area contributed by atoms with E-state index < -0.39 is 0 Å². The van der Waals surface area contributed by atoms with E-state index in [0.717, 1.165) is 5.01 Å². The van der Waals surface area contributed by atoms with Gasteiger partial charge in [0.25, 0.3) is 0 Å². The minimum atomic E-state index is -0.0403. The molecule has 0 spiro atoms. The Morgan fingerprint density at radius 2 is 2.17 bits per heavy atom. The number of nitrogens with one attached hydrogen (secondary N) is 2. The van der Waals surface area contributed by atoms with Gasteiger partial charge in [0.05, 0.1) is 11.6 Å². The van der Waals surface area contributed by atoms with Gasteiger partial charge in [0, 0.05) is 51.3 Å². The predicted octanol–water partition coefficient (Wildman–Crippen LogP) is 1.44. The SMILES string of the molecule is COCCNC(=NCC(=O)N(C)C)NCC(C)c1ncc(C)s1.I. The predicted molar refractivity (Wildman–Crippen MR) is 110 cm³/mol. The van der Waals surface area contributed by atoms with Gasteiger partial charge in [-0.05, 0) is 6.92 Å². The van der Waals surface area contributed by atoms with Crippen LogP contribution >= 0.6 is 35.3 Å². The molecule has 1 aromatic heterocycles. The van der Waals surface area contributed by atoms with Crippen LogP contribution in [0.4, 0.5) is 0 Å². The second-order valence-corrected chi connectivity index (χ2v) is 6.73. The zero-order valence-corrected chi connectivity index (χ0v) is 18.1. The lowest BCUT2D eigenvalue weighted by Gasteiger charge is -2.15. The maximum Gasteiger partial charge on any atom is 0.243 e. The highest BCUT2D eigenvalue weighted by atomic mass is 127. The van der Waals surface area contributed by atoms with Crippen molar-refractivity contribution in [1.82, 2.24) is 20.5 Å². The summed E-state index contributed by atoms with van der Waals surface area (Å²) < 4.78 is 5.02. The third kappa shape index (κ3) is 8.78. The Morgan fingerprint density at radius 1 is 1.46 bits per heavy atom. The largest absolute Gasteiger partial charge is 0.383 e. The zero-order valence-electron chi connectivity index (χ0n) is 15.0. The van der Waals surface area contributed by atoms with Crippen molar-refractivity contribution in [2.75, 3.05) is 47.4 Å². The lowest BCUT2D eigenvalue weighted by Crippen LogP contribution is -2.41. The van der Waals surface area contributed by atoms with Crippen molar-refractivity contribution in [1.29, 1.82) is 0 Å². The van der Waals surface area contributed by atoms with E-state index in [1.807, 2.05) is 13.1 Å². The van der Waals surface area contributed by atoms with Crippen LogP contribution in [0, 0.1) is 6.92 Å². The third-order valence-corrected chi connectivity index (χ3v) is 4.25. The number of methoxy groups -OCH3 is 1. The average Bonchev–Trinajstić information content (AvgIpc) is 2.95. The molecule has 24 heavy (non-hydrogen) atoms. The Labute approximate surface area is 165 Å². The minimum absolute atomic E-state index is 0. The number of thiazole rings is 1. The fraction of sp³-hybridized carbons (Fsp3) is 0.667. The van der Waals surface area contributed by atoms with Crippen molar-refractivity contribution >= 4 is 47.2 Å². The molecule has 7 nitrogen and oxygen atoms in total. The van der Waals surface area contributed by atoms with Crippen LogP contribution in [0.2, 0.25) is 0 Å². The summed E-state index contributed by atoms with van der Waals surface area (Å²) in [6.07, 6.45) is 1.89. The molecule has 0 saturated carbocycles. The van der Waals surface area contributed by atoms with Crippen LogP contribution in [-0.4, -0.2) is 69.2 Å². The molecule has 0 fully saturated rings. The molecule has 9 heteroatoms. The number of carbonyl (C=O) groups excluding carboxylic acids is 1. The standard InChI is InChI=1S/C15H27N5O2S.HI/c1-11(14-17-9-12(2)23-14)8-18-15(16-6-7-22-5)19-10-13(21)20(3)4;/h9,11H,6-8,10H2,1-5H3,(H2,16,18,19);1H. The second-order valence-electron chi connectivity index (χ2n) is 5.46. The molecule has 0 aromatic carbocycles. The second kappa shape index (κ2) is 12.4. The van der Waals surface area contributed by atoms with Gasteiger partial charge >= 0.3 is 0 Å². The van der Waals surface area contributed by atoms with Crippen LogP contribution in [0.15, 0.2) is 11.2 Å². The van der Waals surface area contributed by atoms with Gasteiger partial charge in [-0.2, -0.15) is 0 Å². The fourth-order valence-electron chi connectivity index (χ4n) is 1.67. The van der Waals surface area contributed by atoms with E-state index in [2.05, 4.69) is 27.5 Å². The summed E-state index contributed by atoms with van der Waals surface area (Å²) in [6.45, 7) is 6.17. The van der Waals surface area contributed by atoms with E-state index >= 15 is 0 Å². The van der Waals surface area contributed by atoms with E-state index in [0.29, 0.717) is 25.7 Å². The minimum Gasteiger partial charge on any atom is -0.383 e. The molecular formula is C15H28IN5O2S. The first-order valence-corrected chi connectivity index (χ1v) is 8.39. The molecule has 1 heterocycles. The first-order valence-electron chi connectivity index (χ1n) is 7.57. The molecular weight excluding hydrogens is 441 g/mol. The number of aryl methyl sites for hydroxylation is 1. The van der Waals surface area contributed by atoms with Gasteiger partial charge in [0.2, 0.25) is 5.91 Å². The fourth-order valence-corrected chi connectivity index (χ4v) is 2.50. The number of guanidine groups is 1. The number of nitrogens with zero attached hydrogens (tertiary/aromatic N) is 3. The number of aliphatic imine (C=N–C) groups is 1. The van der Waals surface area contributed by atoms with Crippen LogP contribution in [0.1, 0.15) is 22.7 Å². The van der Waals surface area contributed by atoms with Crippen molar-refractivity contribution in [2.24, 2.45) is 4.99 Å². The molecule has 1 amide bonds. The average molecular weight is 469 g/mol. The van der Waals surface area contributed by atoms with E-state index in [9.17, 15) is 4.79 Å². The van der Waals surface area contributed by atoms with E-state index in [1.165, 1.54) is 9.78 Å². The number of rotatable bonds is 8. The Balaban J connectivity index is 0.00000529. The topological polar surface area (TPSA) is 78.8 Å². The van der Waals surface area contributed by atoms with E-state index in [1.54, 1.807) is 32.5 Å². The van der Waals surface area contributed by atoms with Gasteiger partial charge in [-0.15, -0.1) is 35.3 Å². The molecule has 0 aliphatic heterocycles. The number of likely N-dealkylation sites (N-methyl/N-ethyl adjacent to an activating group) is 1. The summed E-state index contributed by atoms with van der Waals surface area (Å²) in [6, 6.07) is 0. The molecule has 2 N–H and O–H groups in total. The first kappa shape index (κ1) is 23.1. The van der Waals surface area contributed by atoms with Crippen molar-refractivity contribution in [3.05, 3.63) is 16.1 Å². The molecule has 0 aliphatic rings. The van der Waals surface area contributed by atoms with Crippen LogP contribution in [0.3, 0.4) is 0 Å². The highest BCUT2D eigenvalue weighted by molar-refractivity contribution is 14.0. The Hall–Kier alpha value is -0.940. The molecule has 1 unspecified atom stereocenters. The van der Waals surface area contributed by atoms with Crippen molar-refractivity contribution in [3.8, 4) is 0 Å². The third-order valence-electron chi connectivity index (χ3n) is 3.11. The molecule has 0 aliphatic carbocycles. The van der Waals surface area contributed by atoms with Crippen LogP contribution in [0.5, 0.6) is 0 Å². The molecule has 0 saturated heterocycles. The molecule has 1 rings (SSSR count). The highest BCUT2D eigenvalue weighted by Crippen LogP contribution is 2.20. The van der Waals surface area contributed by atoms with E-state index in [4.69, 9.17) is 4.74 Å². The molecule has 0 radical (unpaired) electrons. The van der Waals surface area contributed by atoms with Gasteiger partial charge in [0.1, 0.15) is 6.54 Å². The van der Waals surface area contributed by atoms with Gasteiger partial charge in [-0.1, -0.05) is 6.92 Å². The number of aromatic nitrogens is 1. The number of carbonyl (C=O) groups is 1. The zero-order chi connectivity index (χ0) is 17.2. The lowest BCUT2D eigenvalue weighted by molar-refractivity contribution is -0.127. The molecule has 1 aromatic rings. The lowest BCUT2D eigenvalue weighted by atomic mass is 10.2. The van der Waals surface area contributed by atoms with Gasteiger partial charge < -0.3 is 20.3 Å². The maximum absolute atomic E-state index is 11.7. The smallest absolute Gasteiger partial charge is 0.243 e. The summed E-state index contributed by atoms with van der Waals surface area (Å²) in [5, 5.41) is 7.51. The van der Waals surface area contributed by atoms with Gasteiger partial charge in [-0.3, -0.25) is 4.79 Å². The van der Waals surface area contributed by atoms with E-state index in [-0.39, 0.29) is 42.3 Å².